The molecule has 5 heteroatoms. The molecule has 0 spiro atoms. The summed E-state index contributed by atoms with van der Waals surface area (Å²) < 4.78 is 5.69. The molecule has 0 bridgehead atoms. The molecule has 1 aromatic heterocycles. The first-order valence-corrected chi connectivity index (χ1v) is 6.05. The Balaban J connectivity index is 2.06. The molecule has 1 aromatic rings. The Hall–Kier alpha value is -1.20. The van der Waals surface area contributed by atoms with Gasteiger partial charge in [0.1, 0.15) is 0 Å². The van der Waals surface area contributed by atoms with Crippen molar-refractivity contribution in [3.63, 3.8) is 0 Å². The molecule has 0 radical (unpaired) electrons. The zero-order valence-corrected chi connectivity index (χ0v) is 10.7. The molecule has 2 unspecified atom stereocenters. The molecule has 94 valence electrons. The first-order chi connectivity index (χ1) is 8.19. The highest BCUT2D eigenvalue weighted by atomic mass is 16.5. The van der Waals surface area contributed by atoms with Gasteiger partial charge in [0.25, 0.3) is 0 Å². The van der Waals surface area contributed by atoms with Crippen LogP contribution in [0, 0.1) is 0 Å². The van der Waals surface area contributed by atoms with Crippen LogP contribution in [-0.4, -0.2) is 42.3 Å². The van der Waals surface area contributed by atoms with E-state index in [0.717, 1.165) is 31.1 Å². The number of nitrogens with one attached hydrogen (secondary N) is 1. The summed E-state index contributed by atoms with van der Waals surface area (Å²) in [5.41, 5.74) is 1.10. The second-order valence-electron chi connectivity index (χ2n) is 4.58. The number of anilines is 1. The molecule has 0 saturated carbocycles. The maximum Gasteiger partial charge on any atom is 0.225 e. The van der Waals surface area contributed by atoms with Crippen molar-refractivity contribution in [1.82, 2.24) is 15.3 Å². The highest BCUT2D eigenvalue weighted by Gasteiger charge is 2.23. The van der Waals surface area contributed by atoms with Crippen LogP contribution in [0.2, 0.25) is 0 Å². The number of ether oxygens (including phenoxy) is 1. The monoisotopic (exact) mass is 236 g/mol. The van der Waals surface area contributed by atoms with Crippen LogP contribution in [0.15, 0.2) is 12.4 Å². The van der Waals surface area contributed by atoms with Gasteiger partial charge in [0, 0.05) is 37.6 Å². The van der Waals surface area contributed by atoms with Gasteiger partial charge in [0.05, 0.1) is 12.2 Å². The fraction of sp³-hybridized carbons (Fsp3) is 0.667. The summed E-state index contributed by atoms with van der Waals surface area (Å²) >= 11 is 0. The molecule has 1 saturated heterocycles. The van der Waals surface area contributed by atoms with E-state index in [-0.39, 0.29) is 12.2 Å². The topological polar surface area (TPSA) is 50.3 Å². The van der Waals surface area contributed by atoms with Crippen LogP contribution in [0.1, 0.15) is 19.4 Å². The molecule has 17 heavy (non-hydrogen) atoms. The molecule has 1 fully saturated rings. The van der Waals surface area contributed by atoms with Gasteiger partial charge in [-0.1, -0.05) is 0 Å². The van der Waals surface area contributed by atoms with Crippen molar-refractivity contribution in [2.24, 2.45) is 0 Å². The molecule has 1 aliphatic rings. The van der Waals surface area contributed by atoms with Crippen LogP contribution in [0.25, 0.3) is 0 Å². The highest BCUT2D eigenvalue weighted by molar-refractivity contribution is 5.31. The van der Waals surface area contributed by atoms with Gasteiger partial charge >= 0.3 is 0 Å². The van der Waals surface area contributed by atoms with Crippen LogP contribution in [-0.2, 0) is 11.3 Å². The second-order valence-corrected chi connectivity index (χ2v) is 4.58. The minimum Gasteiger partial charge on any atom is -0.372 e. The fourth-order valence-electron chi connectivity index (χ4n) is 2.15. The SMILES string of the molecule is CNCc1cnc(N2CC(C)OC(C)C2)nc1. The molecule has 2 heterocycles. The van der Waals surface area contributed by atoms with Gasteiger partial charge in [0.2, 0.25) is 5.95 Å². The van der Waals surface area contributed by atoms with Crippen molar-refractivity contribution < 1.29 is 4.74 Å². The van der Waals surface area contributed by atoms with E-state index in [1.165, 1.54) is 0 Å². The third-order valence-corrected chi connectivity index (χ3v) is 2.78. The molecule has 1 N–H and O–H groups in total. The number of aromatic nitrogens is 2. The Labute approximate surface area is 102 Å². The van der Waals surface area contributed by atoms with Crippen LogP contribution < -0.4 is 10.2 Å². The first kappa shape index (κ1) is 12.3. The van der Waals surface area contributed by atoms with E-state index >= 15 is 0 Å². The lowest BCUT2D eigenvalue weighted by Crippen LogP contribution is -2.46. The zero-order chi connectivity index (χ0) is 12.3. The van der Waals surface area contributed by atoms with Crippen molar-refractivity contribution in [3.05, 3.63) is 18.0 Å². The lowest BCUT2D eigenvalue weighted by Gasteiger charge is -2.35. The highest BCUT2D eigenvalue weighted by Crippen LogP contribution is 2.15. The Kier molecular flexibility index (Phi) is 3.91. The van der Waals surface area contributed by atoms with Crippen molar-refractivity contribution in [3.8, 4) is 0 Å². The Morgan fingerprint density at radius 1 is 1.29 bits per heavy atom. The normalized spacial score (nSPS) is 25.0. The van der Waals surface area contributed by atoms with Gasteiger partial charge in [-0.3, -0.25) is 0 Å². The second kappa shape index (κ2) is 5.42. The number of rotatable bonds is 3. The summed E-state index contributed by atoms with van der Waals surface area (Å²) in [5.74, 6) is 0.798. The summed E-state index contributed by atoms with van der Waals surface area (Å²) in [5, 5.41) is 3.08. The molecule has 1 aliphatic heterocycles. The third kappa shape index (κ3) is 3.14. The van der Waals surface area contributed by atoms with Gasteiger partial charge in [-0.25, -0.2) is 9.97 Å². The lowest BCUT2D eigenvalue weighted by atomic mass is 10.2. The lowest BCUT2D eigenvalue weighted by molar-refractivity contribution is -0.00572. The Morgan fingerprint density at radius 3 is 2.41 bits per heavy atom. The van der Waals surface area contributed by atoms with E-state index in [1.54, 1.807) is 0 Å². The van der Waals surface area contributed by atoms with Crippen molar-refractivity contribution in [2.45, 2.75) is 32.6 Å². The summed E-state index contributed by atoms with van der Waals surface area (Å²) in [7, 11) is 1.92. The standard InChI is InChI=1S/C12H20N4O/c1-9-7-16(8-10(2)17-9)12-14-5-11(4-13-3)6-15-12/h5-6,9-10,13H,4,7-8H2,1-3H3. The van der Waals surface area contributed by atoms with Gasteiger partial charge in [-0.05, 0) is 20.9 Å². The molecule has 0 amide bonds. The van der Waals surface area contributed by atoms with Crippen LogP contribution >= 0.6 is 0 Å². The number of hydrogen-bond donors (Lipinski definition) is 1. The molecule has 5 nitrogen and oxygen atoms in total. The Bertz CT molecular complexity index is 344. The van der Waals surface area contributed by atoms with E-state index in [9.17, 15) is 0 Å². The van der Waals surface area contributed by atoms with Gasteiger partial charge in [-0.2, -0.15) is 0 Å². The van der Waals surface area contributed by atoms with E-state index in [4.69, 9.17) is 4.74 Å². The number of nitrogens with zero attached hydrogens (tertiary/aromatic N) is 3. The fourth-order valence-corrected chi connectivity index (χ4v) is 2.15. The van der Waals surface area contributed by atoms with Gasteiger partial charge in [0.15, 0.2) is 0 Å². The first-order valence-electron chi connectivity index (χ1n) is 6.05. The van der Waals surface area contributed by atoms with E-state index in [2.05, 4.69) is 34.0 Å². The average molecular weight is 236 g/mol. The molecule has 2 atom stereocenters. The molecular formula is C12H20N4O. The van der Waals surface area contributed by atoms with Crippen molar-refractivity contribution >= 4 is 5.95 Å². The minimum absolute atomic E-state index is 0.235. The quantitative estimate of drug-likeness (QED) is 0.841. The molecule has 0 aromatic carbocycles. The maximum absolute atomic E-state index is 5.69. The molecule has 2 rings (SSSR count). The Morgan fingerprint density at radius 2 is 1.88 bits per heavy atom. The third-order valence-electron chi connectivity index (χ3n) is 2.78. The van der Waals surface area contributed by atoms with E-state index in [1.807, 2.05) is 19.4 Å². The van der Waals surface area contributed by atoms with Crippen LogP contribution in [0.3, 0.4) is 0 Å². The predicted octanol–water partition coefficient (Wildman–Crippen LogP) is 0.810. The predicted molar refractivity (Wildman–Crippen MR) is 67.0 cm³/mol. The van der Waals surface area contributed by atoms with E-state index < -0.39 is 0 Å². The smallest absolute Gasteiger partial charge is 0.225 e. The summed E-state index contributed by atoms with van der Waals surface area (Å²) in [4.78, 5) is 11.0. The van der Waals surface area contributed by atoms with Crippen LogP contribution in [0.4, 0.5) is 5.95 Å². The number of morpholine rings is 1. The summed E-state index contributed by atoms with van der Waals surface area (Å²) in [6.07, 6.45) is 4.23. The summed E-state index contributed by atoms with van der Waals surface area (Å²) in [6, 6.07) is 0. The largest absolute Gasteiger partial charge is 0.372 e. The number of hydrogen-bond acceptors (Lipinski definition) is 5. The van der Waals surface area contributed by atoms with Crippen molar-refractivity contribution in [2.75, 3.05) is 25.0 Å². The maximum atomic E-state index is 5.69. The van der Waals surface area contributed by atoms with Gasteiger partial charge in [-0.15, -0.1) is 0 Å². The molecule has 0 aliphatic carbocycles. The summed E-state index contributed by atoms with van der Waals surface area (Å²) in [6.45, 7) is 6.68. The zero-order valence-electron chi connectivity index (χ0n) is 10.7. The van der Waals surface area contributed by atoms with Gasteiger partial charge < -0.3 is 15.0 Å². The van der Waals surface area contributed by atoms with E-state index in [0.29, 0.717) is 0 Å². The van der Waals surface area contributed by atoms with Crippen LogP contribution in [0.5, 0.6) is 0 Å². The van der Waals surface area contributed by atoms with Crippen molar-refractivity contribution in [1.29, 1.82) is 0 Å². The minimum atomic E-state index is 0.235. The average Bonchev–Trinajstić information content (AvgIpc) is 2.29. The molecular weight excluding hydrogens is 216 g/mol.